The molecular weight excluding hydrogens is 375 g/mol. The van der Waals surface area contributed by atoms with Gasteiger partial charge in [0.25, 0.3) is 5.09 Å². The highest BCUT2D eigenvalue weighted by Gasteiger charge is 2.23. The highest BCUT2D eigenvalue weighted by molar-refractivity contribution is 6.30. The number of aromatic nitrogens is 3. The van der Waals surface area contributed by atoms with E-state index in [0.29, 0.717) is 21.7 Å². The maximum atomic E-state index is 13.4. The lowest BCUT2D eigenvalue weighted by atomic mass is 9.95. The number of benzene rings is 2. The summed E-state index contributed by atoms with van der Waals surface area (Å²) < 4.78 is 14.9. The molecule has 0 aliphatic rings. The number of hydrogen-bond donors (Lipinski definition) is 0. The van der Waals surface area contributed by atoms with E-state index in [1.54, 1.807) is 31.2 Å². The van der Waals surface area contributed by atoms with Crippen LogP contribution in [0.3, 0.4) is 0 Å². The Bertz CT molecular complexity index is 957. The highest BCUT2D eigenvalue weighted by Crippen LogP contribution is 2.36. The summed E-state index contributed by atoms with van der Waals surface area (Å²) in [5.74, 6) is -0.416. The second-order valence-corrected chi connectivity index (χ2v) is 6.06. The third kappa shape index (κ3) is 4.29. The van der Waals surface area contributed by atoms with Gasteiger partial charge in [0.1, 0.15) is 24.2 Å². The number of nitrogens with zero attached hydrogens (tertiary/aromatic N) is 4. The van der Waals surface area contributed by atoms with Crippen molar-refractivity contribution < 1.29 is 14.3 Å². The van der Waals surface area contributed by atoms with Crippen LogP contribution in [0.1, 0.15) is 24.1 Å². The van der Waals surface area contributed by atoms with Gasteiger partial charge in [0.15, 0.2) is 0 Å². The maximum Gasteiger partial charge on any atom is 0.299 e. The van der Waals surface area contributed by atoms with E-state index >= 15 is 0 Å². The molecule has 2 aromatic carbocycles. The van der Waals surface area contributed by atoms with E-state index in [1.807, 2.05) is 0 Å². The summed E-state index contributed by atoms with van der Waals surface area (Å²) in [6.45, 7) is 1.78. The third-order valence-corrected chi connectivity index (χ3v) is 4.18. The van der Waals surface area contributed by atoms with Gasteiger partial charge in [-0.05, 0) is 36.8 Å². The molecule has 0 aliphatic heterocycles. The lowest BCUT2D eigenvalue weighted by Gasteiger charge is -2.21. The first-order chi connectivity index (χ1) is 13.0. The van der Waals surface area contributed by atoms with Gasteiger partial charge in [0, 0.05) is 16.2 Å². The predicted molar refractivity (Wildman–Crippen MR) is 97.5 cm³/mol. The van der Waals surface area contributed by atoms with Crippen molar-refractivity contribution in [2.75, 3.05) is 0 Å². The van der Waals surface area contributed by atoms with Crippen LogP contribution in [0, 0.1) is 15.9 Å². The molecule has 3 rings (SSSR count). The van der Waals surface area contributed by atoms with E-state index in [1.165, 1.54) is 41.6 Å². The van der Waals surface area contributed by atoms with Crippen LogP contribution in [0.2, 0.25) is 5.02 Å². The molecule has 1 aromatic heterocycles. The molecule has 0 aliphatic carbocycles. The topological polar surface area (TPSA) is 83.1 Å². The van der Waals surface area contributed by atoms with Gasteiger partial charge >= 0.3 is 0 Å². The Morgan fingerprint density at radius 2 is 1.81 bits per heavy atom. The molecule has 138 valence electrons. The fourth-order valence-corrected chi connectivity index (χ4v) is 2.80. The van der Waals surface area contributed by atoms with Gasteiger partial charge in [-0.15, -0.1) is 10.1 Å². The number of rotatable bonds is 6. The van der Waals surface area contributed by atoms with E-state index in [9.17, 15) is 14.5 Å². The molecule has 3 aromatic rings. The smallest absolute Gasteiger partial charge is 0.275 e. The van der Waals surface area contributed by atoms with Crippen molar-refractivity contribution in [3.8, 4) is 0 Å². The van der Waals surface area contributed by atoms with Crippen LogP contribution in [0.25, 0.3) is 11.3 Å². The van der Waals surface area contributed by atoms with Crippen LogP contribution in [-0.4, -0.2) is 19.9 Å². The van der Waals surface area contributed by atoms with Crippen LogP contribution in [-0.2, 0) is 4.84 Å². The zero-order valence-corrected chi connectivity index (χ0v) is 14.9. The predicted octanol–water partition coefficient (Wildman–Crippen LogP) is 4.41. The number of halogens is 2. The highest BCUT2D eigenvalue weighted by atomic mass is 35.5. The first-order valence-corrected chi connectivity index (χ1v) is 8.26. The molecule has 0 bridgehead atoms. The summed E-state index contributed by atoms with van der Waals surface area (Å²) in [6.07, 6.45) is 2.84. The minimum absolute atomic E-state index is 0.00581. The Kier molecular flexibility index (Phi) is 5.46. The van der Waals surface area contributed by atoms with Gasteiger partial charge in [-0.25, -0.2) is 14.1 Å². The van der Waals surface area contributed by atoms with Crippen molar-refractivity contribution in [3.05, 3.63) is 93.3 Å². The average Bonchev–Trinajstić information content (AvgIpc) is 3.18. The molecule has 7 nitrogen and oxygen atoms in total. The van der Waals surface area contributed by atoms with Gasteiger partial charge in [0.2, 0.25) is 0 Å². The van der Waals surface area contributed by atoms with E-state index in [2.05, 4.69) is 10.1 Å². The van der Waals surface area contributed by atoms with E-state index in [4.69, 9.17) is 16.4 Å². The van der Waals surface area contributed by atoms with E-state index in [-0.39, 0.29) is 5.76 Å². The first kappa shape index (κ1) is 18.5. The molecule has 0 spiro atoms. The molecule has 9 heteroatoms. The van der Waals surface area contributed by atoms with Crippen molar-refractivity contribution in [3.63, 3.8) is 0 Å². The van der Waals surface area contributed by atoms with Gasteiger partial charge in [-0.3, -0.25) is 4.84 Å². The largest absolute Gasteiger partial charge is 0.299 e. The molecule has 0 amide bonds. The van der Waals surface area contributed by atoms with Gasteiger partial charge in [0.05, 0.1) is 6.04 Å². The lowest BCUT2D eigenvalue weighted by Crippen LogP contribution is -2.13. The molecule has 27 heavy (non-hydrogen) atoms. The fraction of sp³-hybridized carbons (Fsp3) is 0.111. The second-order valence-electron chi connectivity index (χ2n) is 5.62. The van der Waals surface area contributed by atoms with Crippen molar-refractivity contribution in [1.82, 2.24) is 14.8 Å². The van der Waals surface area contributed by atoms with Gasteiger partial charge < -0.3 is 0 Å². The summed E-state index contributed by atoms with van der Waals surface area (Å²) in [6, 6.07) is 11.5. The molecule has 0 fully saturated rings. The Labute approximate surface area is 158 Å². The minimum atomic E-state index is -0.887. The lowest BCUT2D eigenvalue weighted by molar-refractivity contribution is -0.730. The monoisotopic (exact) mass is 388 g/mol. The Hall–Kier alpha value is -3.26. The molecule has 1 unspecified atom stereocenters. The molecule has 0 saturated heterocycles. The number of allylic oxidation sites excluding steroid dienone is 1. The summed E-state index contributed by atoms with van der Waals surface area (Å²) in [5.41, 5.74) is 1.44. The van der Waals surface area contributed by atoms with Gasteiger partial charge in [-0.1, -0.05) is 35.9 Å². The summed E-state index contributed by atoms with van der Waals surface area (Å²) in [5, 5.41) is 14.9. The Balaban J connectivity index is 2.25. The normalized spacial score (nSPS) is 13.0. The molecule has 0 radical (unpaired) electrons. The molecule has 0 saturated carbocycles. The van der Waals surface area contributed by atoms with Crippen LogP contribution < -0.4 is 0 Å². The standard InChI is InChI=1S/C18H14ClFN4O3/c1-12(23-11-21-10-22-23)17(13-4-8-16(20)9-5-13)18(27-24(25)26)14-2-6-15(19)7-3-14/h2-12H,1H3/b18-17-. The summed E-state index contributed by atoms with van der Waals surface area (Å²) >= 11 is 5.93. The molecule has 1 heterocycles. The van der Waals surface area contributed by atoms with Crippen molar-refractivity contribution in [2.24, 2.45) is 0 Å². The maximum absolute atomic E-state index is 13.4. The van der Waals surface area contributed by atoms with Crippen LogP contribution in [0.4, 0.5) is 4.39 Å². The van der Waals surface area contributed by atoms with E-state index < -0.39 is 16.9 Å². The molecule has 0 N–H and O–H groups in total. The first-order valence-electron chi connectivity index (χ1n) is 7.88. The van der Waals surface area contributed by atoms with Crippen LogP contribution in [0.5, 0.6) is 0 Å². The van der Waals surface area contributed by atoms with Crippen molar-refractivity contribution >= 4 is 22.9 Å². The summed E-state index contributed by atoms with van der Waals surface area (Å²) in [7, 11) is 0. The molecular formula is C18H14ClFN4O3. The van der Waals surface area contributed by atoms with Crippen molar-refractivity contribution in [1.29, 1.82) is 0 Å². The van der Waals surface area contributed by atoms with E-state index in [0.717, 1.165) is 0 Å². The van der Waals surface area contributed by atoms with Gasteiger partial charge in [-0.2, -0.15) is 5.10 Å². The van der Waals surface area contributed by atoms with Crippen LogP contribution in [0.15, 0.2) is 61.2 Å². The number of hydrogen-bond acceptors (Lipinski definition) is 5. The zero-order chi connectivity index (χ0) is 19.4. The fourth-order valence-electron chi connectivity index (χ4n) is 2.67. The Morgan fingerprint density at radius 1 is 1.19 bits per heavy atom. The molecule has 1 atom stereocenters. The zero-order valence-electron chi connectivity index (χ0n) is 14.1. The average molecular weight is 389 g/mol. The van der Waals surface area contributed by atoms with Crippen LogP contribution >= 0.6 is 11.6 Å². The SMILES string of the molecule is CC(/C(=C(/O[N+](=O)[O-])c1ccc(Cl)cc1)c1ccc(F)cc1)n1cncn1. The third-order valence-electron chi connectivity index (χ3n) is 3.92. The van der Waals surface area contributed by atoms with Crippen molar-refractivity contribution in [2.45, 2.75) is 13.0 Å². The minimum Gasteiger partial charge on any atom is -0.275 e. The summed E-state index contributed by atoms with van der Waals surface area (Å²) in [4.78, 5) is 20.0. The quantitative estimate of drug-likeness (QED) is 0.270. The Morgan fingerprint density at radius 3 is 2.37 bits per heavy atom. The second kappa shape index (κ2) is 7.96.